The van der Waals surface area contributed by atoms with Crippen LogP contribution in [0.5, 0.6) is 0 Å². The summed E-state index contributed by atoms with van der Waals surface area (Å²) in [6, 6.07) is 11.2. The summed E-state index contributed by atoms with van der Waals surface area (Å²) in [5, 5.41) is 1.07. The molecule has 0 saturated carbocycles. The van der Waals surface area contributed by atoms with E-state index in [-0.39, 0.29) is 11.3 Å². The highest BCUT2D eigenvalue weighted by atomic mass is 35.5. The lowest BCUT2D eigenvalue weighted by Gasteiger charge is -2.19. The van der Waals surface area contributed by atoms with E-state index in [0.29, 0.717) is 47.0 Å². The Balaban J connectivity index is 2.40. The molecule has 0 heterocycles. The van der Waals surface area contributed by atoms with Crippen LogP contribution in [0.1, 0.15) is 42.6 Å². The molecule has 0 saturated heterocycles. The fourth-order valence-corrected chi connectivity index (χ4v) is 4.41. The van der Waals surface area contributed by atoms with Crippen LogP contribution in [0, 0.1) is 0 Å². The zero-order valence-corrected chi connectivity index (χ0v) is 17.1. The predicted molar refractivity (Wildman–Crippen MR) is 106 cm³/mol. The lowest BCUT2D eigenvalue weighted by molar-refractivity contribution is 0.103. The number of carbonyl (C=O) groups is 1. The maximum atomic E-state index is 13.2. The van der Waals surface area contributed by atoms with Crippen molar-refractivity contribution >= 4 is 41.9 Å². The molecular formula is C19H21Cl2O4P. The molecule has 0 atom stereocenters. The third-order valence-electron chi connectivity index (χ3n) is 3.53. The Bertz CT molecular complexity index is 811. The molecule has 0 fully saturated rings. The third kappa shape index (κ3) is 5.18. The maximum Gasteiger partial charge on any atom is 0.361 e. The van der Waals surface area contributed by atoms with Crippen LogP contribution in [-0.4, -0.2) is 19.0 Å². The van der Waals surface area contributed by atoms with Crippen LogP contribution < -0.4 is 5.30 Å². The standard InChI is InChI=1S/C19H21Cl2O4P/c1-3-10-24-26(23,25-11-4-2)16-7-5-6-14(12-16)19(22)17-13-15(20)8-9-18(17)21/h5-9,12-13H,3-4,10-11H2,1-2H3. The zero-order valence-electron chi connectivity index (χ0n) is 14.7. The Hall–Kier alpha value is -1.16. The molecule has 0 N–H and O–H groups in total. The SMILES string of the molecule is CCCOP(=O)(OCCC)c1cccc(C(=O)c2cc(Cl)ccc2Cl)c1. The zero-order chi connectivity index (χ0) is 19.2. The smallest absolute Gasteiger partial charge is 0.305 e. The van der Waals surface area contributed by atoms with Crippen molar-refractivity contribution in [2.45, 2.75) is 26.7 Å². The lowest BCUT2D eigenvalue weighted by atomic mass is 10.0. The van der Waals surface area contributed by atoms with Gasteiger partial charge in [0.2, 0.25) is 0 Å². The molecule has 7 heteroatoms. The highest BCUT2D eigenvalue weighted by Gasteiger charge is 2.28. The van der Waals surface area contributed by atoms with Crippen LogP contribution in [0.25, 0.3) is 0 Å². The molecular weight excluding hydrogens is 394 g/mol. The average molecular weight is 415 g/mol. The van der Waals surface area contributed by atoms with Gasteiger partial charge < -0.3 is 9.05 Å². The van der Waals surface area contributed by atoms with Crippen molar-refractivity contribution in [3.05, 3.63) is 63.6 Å². The third-order valence-corrected chi connectivity index (χ3v) is 6.05. The van der Waals surface area contributed by atoms with Crippen molar-refractivity contribution in [3.8, 4) is 0 Å². The quantitative estimate of drug-likeness (QED) is 0.378. The van der Waals surface area contributed by atoms with Crippen molar-refractivity contribution < 1.29 is 18.4 Å². The summed E-state index contributed by atoms with van der Waals surface area (Å²) < 4.78 is 24.2. The number of halogens is 2. The van der Waals surface area contributed by atoms with Crippen LogP contribution in [-0.2, 0) is 13.6 Å². The van der Waals surface area contributed by atoms with Crippen LogP contribution in [0.2, 0.25) is 10.0 Å². The molecule has 0 amide bonds. The highest BCUT2D eigenvalue weighted by Crippen LogP contribution is 2.47. The van der Waals surface area contributed by atoms with Gasteiger partial charge >= 0.3 is 7.60 Å². The van der Waals surface area contributed by atoms with Gasteiger partial charge in [-0.3, -0.25) is 9.36 Å². The minimum atomic E-state index is -3.50. The molecule has 2 aromatic rings. The first kappa shape index (κ1) is 21.1. The van der Waals surface area contributed by atoms with Gasteiger partial charge in [-0.25, -0.2) is 0 Å². The Morgan fingerprint density at radius 3 is 2.27 bits per heavy atom. The summed E-state index contributed by atoms with van der Waals surface area (Å²) in [5.74, 6) is -0.308. The molecule has 0 radical (unpaired) electrons. The first-order valence-electron chi connectivity index (χ1n) is 8.40. The van der Waals surface area contributed by atoms with Crippen LogP contribution in [0.4, 0.5) is 0 Å². The Morgan fingerprint density at radius 1 is 1.00 bits per heavy atom. The second-order valence-corrected chi connectivity index (χ2v) is 8.54. The van der Waals surface area contributed by atoms with Crippen molar-refractivity contribution in [1.82, 2.24) is 0 Å². The first-order valence-corrected chi connectivity index (χ1v) is 10.7. The summed E-state index contributed by atoms with van der Waals surface area (Å²) in [6.07, 6.45) is 1.41. The maximum absolute atomic E-state index is 13.2. The molecule has 0 aliphatic rings. The van der Waals surface area contributed by atoms with E-state index in [1.54, 1.807) is 30.3 Å². The van der Waals surface area contributed by atoms with E-state index in [4.69, 9.17) is 32.2 Å². The second kappa shape index (κ2) is 9.68. The molecule has 2 aromatic carbocycles. The van der Waals surface area contributed by atoms with Gasteiger partial charge in [-0.2, -0.15) is 0 Å². The van der Waals surface area contributed by atoms with Crippen LogP contribution >= 0.6 is 30.8 Å². The molecule has 0 bridgehead atoms. The van der Waals surface area contributed by atoms with Crippen molar-refractivity contribution in [1.29, 1.82) is 0 Å². The number of rotatable bonds is 9. The highest BCUT2D eigenvalue weighted by molar-refractivity contribution is 7.62. The largest absolute Gasteiger partial charge is 0.361 e. The molecule has 140 valence electrons. The summed E-state index contributed by atoms with van der Waals surface area (Å²) in [5.41, 5.74) is 0.627. The van der Waals surface area contributed by atoms with Crippen molar-refractivity contribution in [2.24, 2.45) is 0 Å². The van der Waals surface area contributed by atoms with Gasteiger partial charge in [0.1, 0.15) is 0 Å². The predicted octanol–water partition coefficient (Wildman–Crippen LogP) is 5.90. The van der Waals surface area contributed by atoms with E-state index in [1.165, 1.54) is 12.1 Å². The Kier molecular flexibility index (Phi) is 7.87. The summed E-state index contributed by atoms with van der Waals surface area (Å²) >= 11 is 12.1. The summed E-state index contributed by atoms with van der Waals surface area (Å²) in [7, 11) is -3.50. The van der Waals surface area contributed by atoms with E-state index in [0.717, 1.165) is 0 Å². The normalized spacial score (nSPS) is 11.5. The Labute approximate surface area is 164 Å². The molecule has 0 aliphatic carbocycles. The minimum Gasteiger partial charge on any atom is -0.305 e. The Morgan fingerprint density at radius 2 is 1.65 bits per heavy atom. The minimum absolute atomic E-state index is 0.287. The molecule has 0 aromatic heterocycles. The number of hydrogen-bond donors (Lipinski definition) is 0. The van der Waals surface area contributed by atoms with E-state index in [9.17, 15) is 9.36 Å². The second-order valence-electron chi connectivity index (χ2n) is 5.67. The molecule has 0 spiro atoms. The first-order chi connectivity index (χ1) is 12.4. The van der Waals surface area contributed by atoms with Gasteiger partial charge in [0, 0.05) is 16.1 Å². The van der Waals surface area contributed by atoms with E-state index in [2.05, 4.69) is 0 Å². The van der Waals surface area contributed by atoms with Crippen LogP contribution in [0.3, 0.4) is 0 Å². The van der Waals surface area contributed by atoms with Crippen molar-refractivity contribution in [2.75, 3.05) is 13.2 Å². The van der Waals surface area contributed by atoms with Gasteiger partial charge in [-0.1, -0.05) is 49.2 Å². The van der Waals surface area contributed by atoms with Gasteiger partial charge in [0.05, 0.1) is 23.5 Å². The van der Waals surface area contributed by atoms with Crippen molar-refractivity contribution in [3.63, 3.8) is 0 Å². The number of benzene rings is 2. The molecule has 0 aliphatic heterocycles. The number of ketones is 1. The topological polar surface area (TPSA) is 52.6 Å². The lowest BCUT2D eigenvalue weighted by Crippen LogP contribution is -2.14. The fraction of sp³-hybridized carbons (Fsp3) is 0.316. The fourth-order valence-electron chi connectivity index (χ4n) is 2.25. The summed E-state index contributed by atoms with van der Waals surface area (Å²) in [6.45, 7) is 4.45. The van der Waals surface area contributed by atoms with Gasteiger partial charge in [0.15, 0.2) is 5.78 Å². The van der Waals surface area contributed by atoms with Gasteiger partial charge in [-0.05, 0) is 43.2 Å². The number of hydrogen-bond acceptors (Lipinski definition) is 4. The molecule has 0 unspecified atom stereocenters. The van der Waals surface area contributed by atoms with Gasteiger partial charge in [0.25, 0.3) is 0 Å². The van der Waals surface area contributed by atoms with E-state index >= 15 is 0 Å². The van der Waals surface area contributed by atoms with Crippen LogP contribution in [0.15, 0.2) is 42.5 Å². The van der Waals surface area contributed by atoms with Gasteiger partial charge in [-0.15, -0.1) is 0 Å². The average Bonchev–Trinajstić information content (AvgIpc) is 2.66. The molecule has 2 rings (SSSR count). The summed E-state index contributed by atoms with van der Waals surface area (Å²) in [4.78, 5) is 12.8. The molecule has 26 heavy (non-hydrogen) atoms. The number of carbonyl (C=O) groups excluding carboxylic acids is 1. The van der Waals surface area contributed by atoms with E-state index < -0.39 is 7.60 Å². The monoisotopic (exact) mass is 414 g/mol. The molecule has 4 nitrogen and oxygen atoms in total. The van der Waals surface area contributed by atoms with E-state index in [1.807, 2.05) is 13.8 Å².